The van der Waals surface area contributed by atoms with Gasteiger partial charge in [0.15, 0.2) is 0 Å². The third-order valence-electron chi connectivity index (χ3n) is 2.97. The molecule has 1 unspecified atom stereocenters. The third kappa shape index (κ3) is 4.13. The van der Waals surface area contributed by atoms with Gasteiger partial charge in [0.2, 0.25) is 10.0 Å². The van der Waals surface area contributed by atoms with E-state index in [-0.39, 0.29) is 0 Å². The van der Waals surface area contributed by atoms with Crippen LogP contribution >= 0.6 is 11.3 Å². The number of hydrogen-bond acceptors (Lipinski definition) is 5. The molecule has 0 fully saturated rings. The van der Waals surface area contributed by atoms with Crippen LogP contribution in [-0.2, 0) is 16.6 Å². The van der Waals surface area contributed by atoms with Crippen molar-refractivity contribution in [2.24, 2.45) is 0 Å². The summed E-state index contributed by atoms with van der Waals surface area (Å²) in [5.41, 5.74) is 0. The fourth-order valence-corrected chi connectivity index (χ4v) is 4.56. The molecule has 3 N–H and O–H groups in total. The molecular formula is C13H20N4O2S2. The van der Waals surface area contributed by atoms with Crippen molar-refractivity contribution in [2.75, 3.05) is 6.54 Å². The van der Waals surface area contributed by atoms with Crippen LogP contribution in [0.25, 0.3) is 0 Å². The van der Waals surface area contributed by atoms with Crippen molar-refractivity contribution in [3.8, 4) is 0 Å². The number of H-pyrrole nitrogens is 1. The summed E-state index contributed by atoms with van der Waals surface area (Å²) in [6, 6.07) is 1.24. The largest absolute Gasteiger partial charge is 0.347 e. The Kier molecular flexibility index (Phi) is 5.51. The molecule has 0 radical (unpaired) electrons. The lowest BCUT2D eigenvalue weighted by Crippen LogP contribution is -2.28. The quantitative estimate of drug-likeness (QED) is 0.647. The van der Waals surface area contributed by atoms with Gasteiger partial charge in [-0.1, -0.05) is 6.92 Å². The Morgan fingerprint density at radius 2 is 2.29 bits per heavy atom. The molecule has 2 aromatic rings. The minimum atomic E-state index is -3.55. The summed E-state index contributed by atoms with van der Waals surface area (Å²) in [6.45, 7) is 5.27. The van der Waals surface area contributed by atoms with Gasteiger partial charge in [0.05, 0.1) is 10.9 Å². The second-order valence-corrected chi connectivity index (χ2v) is 7.39. The SMILES string of the molecule is CCCNCc1sccc1S(=O)(=O)NC(C)c1ncc[nH]1. The van der Waals surface area contributed by atoms with Gasteiger partial charge in [0.25, 0.3) is 0 Å². The van der Waals surface area contributed by atoms with Crippen LogP contribution in [0.5, 0.6) is 0 Å². The molecule has 0 spiro atoms. The summed E-state index contributed by atoms with van der Waals surface area (Å²) < 4.78 is 27.6. The summed E-state index contributed by atoms with van der Waals surface area (Å²) in [4.78, 5) is 8.15. The fraction of sp³-hybridized carbons (Fsp3) is 0.462. The average molecular weight is 328 g/mol. The van der Waals surface area contributed by atoms with E-state index in [2.05, 4.69) is 26.9 Å². The zero-order chi connectivity index (χ0) is 15.3. The van der Waals surface area contributed by atoms with Gasteiger partial charge >= 0.3 is 0 Å². The molecule has 0 saturated carbocycles. The van der Waals surface area contributed by atoms with E-state index in [4.69, 9.17) is 0 Å². The van der Waals surface area contributed by atoms with Gasteiger partial charge in [-0.15, -0.1) is 11.3 Å². The minimum absolute atomic E-state index is 0.342. The van der Waals surface area contributed by atoms with Crippen LogP contribution in [0, 0.1) is 0 Å². The first-order chi connectivity index (χ1) is 10.0. The Hall–Kier alpha value is -1.22. The molecule has 0 amide bonds. The Labute approximate surface area is 129 Å². The molecule has 0 aliphatic heterocycles. The lowest BCUT2D eigenvalue weighted by molar-refractivity contribution is 0.559. The minimum Gasteiger partial charge on any atom is -0.347 e. The van der Waals surface area contributed by atoms with E-state index in [1.165, 1.54) is 11.3 Å². The zero-order valence-corrected chi connectivity index (χ0v) is 13.7. The van der Waals surface area contributed by atoms with Crippen LogP contribution in [0.15, 0.2) is 28.7 Å². The van der Waals surface area contributed by atoms with Crippen LogP contribution in [0.3, 0.4) is 0 Å². The number of rotatable bonds is 8. The number of imidazole rings is 1. The predicted molar refractivity (Wildman–Crippen MR) is 83.6 cm³/mol. The van der Waals surface area contributed by atoms with Gasteiger partial charge < -0.3 is 10.3 Å². The van der Waals surface area contributed by atoms with E-state index >= 15 is 0 Å². The molecule has 0 aliphatic rings. The van der Waals surface area contributed by atoms with E-state index in [1.807, 2.05) is 0 Å². The first-order valence-electron chi connectivity index (χ1n) is 6.83. The van der Waals surface area contributed by atoms with Gasteiger partial charge in [-0.05, 0) is 31.3 Å². The second kappa shape index (κ2) is 7.17. The highest BCUT2D eigenvalue weighted by molar-refractivity contribution is 7.89. The third-order valence-corrected chi connectivity index (χ3v) is 5.64. The monoisotopic (exact) mass is 328 g/mol. The van der Waals surface area contributed by atoms with Crippen molar-refractivity contribution in [1.82, 2.24) is 20.0 Å². The van der Waals surface area contributed by atoms with Crippen LogP contribution in [0.2, 0.25) is 0 Å². The standard InChI is InChI=1S/C13H20N4O2S2/c1-3-5-14-9-11-12(4-8-20-11)21(18,19)17-10(2)13-15-6-7-16-13/h4,6-8,10,14,17H,3,5,9H2,1-2H3,(H,15,16). The van der Waals surface area contributed by atoms with E-state index in [1.54, 1.807) is 30.8 Å². The summed E-state index contributed by atoms with van der Waals surface area (Å²) in [5, 5.41) is 5.03. The number of nitrogens with zero attached hydrogens (tertiary/aromatic N) is 1. The molecule has 0 aliphatic carbocycles. The highest BCUT2D eigenvalue weighted by Crippen LogP contribution is 2.23. The summed E-state index contributed by atoms with van der Waals surface area (Å²) >= 11 is 1.45. The number of thiophene rings is 1. The molecule has 116 valence electrons. The number of aromatic amines is 1. The Morgan fingerprint density at radius 3 is 2.95 bits per heavy atom. The van der Waals surface area contributed by atoms with Crippen LogP contribution in [-0.4, -0.2) is 24.9 Å². The van der Waals surface area contributed by atoms with Gasteiger partial charge in [-0.3, -0.25) is 0 Å². The molecule has 21 heavy (non-hydrogen) atoms. The lowest BCUT2D eigenvalue weighted by Gasteiger charge is -2.12. The number of sulfonamides is 1. The molecule has 0 bridgehead atoms. The predicted octanol–water partition coefficient (Wildman–Crippen LogP) is 2.01. The van der Waals surface area contributed by atoms with Gasteiger partial charge in [-0.25, -0.2) is 18.1 Å². The van der Waals surface area contributed by atoms with Crippen molar-refractivity contribution in [2.45, 2.75) is 37.8 Å². The normalized spacial score (nSPS) is 13.4. The summed E-state index contributed by atoms with van der Waals surface area (Å²) in [5.74, 6) is 0.597. The lowest BCUT2D eigenvalue weighted by atomic mass is 10.3. The number of aromatic nitrogens is 2. The van der Waals surface area contributed by atoms with Crippen LogP contribution in [0.1, 0.15) is 37.0 Å². The highest BCUT2D eigenvalue weighted by atomic mass is 32.2. The molecule has 8 heteroatoms. The maximum atomic E-state index is 12.5. The van der Waals surface area contributed by atoms with Crippen molar-refractivity contribution in [3.05, 3.63) is 34.5 Å². The van der Waals surface area contributed by atoms with E-state index in [0.717, 1.165) is 17.8 Å². The average Bonchev–Trinajstić information content (AvgIpc) is 3.10. The zero-order valence-electron chi connectivity index (χ0n) is 12.1. The maximum Gasteiger partial charge on any atom is 0.242 e. The van der Waals surface area contributed by atoms with Gasteiger partial charge in [0.1, 0.15) is 5.82 Å². The number of nitrogens with one attached hydrogen (secondary N) is 3. The molecular weight excluding hydrogens is 308 g/mol. The Morgan fingerprint density at radius 1 is 1.48 bits per heavy atom. The van der Waals surface area contributed by atoms with Crippen molar-refractivity contribution in [1.29, 1.82) is 0 Å². The Balaban J connectivity index is 2.11. The highest BCUT2D eigenvalue weighted by Gasteiger charge is 2.23. The molecule has 0 saturated heterocycles. The number of hydrogen-bond donors (Lipinski definition) is 3. The molecule has 2 aromatic heterocycles. The van der Waals surface area contributed by atoms with Crippen LogP contribution in [0.4, 0.5) is 0 Å². The molecule has 2 rings (SSSR count). The first kappa shape index (κ1) is 16.2. The van der Waals surface area contributed by atoms with Crippen molar-refractivity contribution in [3.63, 3.8) is 0 Å². The molecule has 6 nitrogen and oxygen atoms in total. The molecule has 2 heterocycles. The maximum absolute atomic E-state index is 12.5. The van der Waals surface area contributed by atoms with Gasteiger partial charge in [-0.2, -0.15) is 0 Å². The van der Waals surface area contributed by atoms with Crippen molar-refractivity contribution >= 4 is 21.4 Å². The molecule has 0 aromatic carbocycles. The Bertz CT molecular complexity index is 650. The second-order valence-electron chi connectivity index (χ2n) is 4.70. The topological polar surface area (TPSA) is 86.9 Å². The van der Waals surface area contributed by atoms with Crippen LogP contribution < -0.4 is 10.0 Å². The smallest absolute Gasteiger partial charge is 0.242 e. The summed E-state index contributed by atoms with van der Waals surface area (Å²) in [6.07, 6.45) is 4.29. The van der Waals surface area contributed by atoms with E-state index in [9.17, 15) is 8.42 Å². The fourth-order valence-electron chi connectivity index (χ4n) is 1.94. The molecule has 1 atom stereocenters. The van der Waals surface area contributed by atoms with Gasteiger partial charge in [0, 0.05) is 23.8 Å². The first-order valence-corrected chi connectivity index (χ1v) is 9.19. The van der Waals surface area contributed by atoms with Crippen molar-refractivity contribution < 1.29 is 8.42 Å². The van der Waals surface area contributed by atoms with E-state index < -0.39 is 16.1 Å². The van der Waals surface area contributed by atoms with E-state index in [0.29, 0.717) is 17.3 Å². The summed E-state index contributed by atoms with van der Waals surface area (Å²) in [7, 11) is -3.55.